The molecule has 1 fully saturated rings. The number of imidazole rings is 1. The van der Waals surface area contributed by atoms with Crippen molar-refractivity contribution in [2.75, 3.05) is 25.6 Å². The Kier molecular flexibility index (Phi) is 3.89. The number of rotatable bonds is 7. The molecule has 1 aromatic carbocycles. The molecule has 5 heteroatoms. The Balaban J connectivity index is 1.78. The number of hydrogen-bond acceptors (Lipinski definition) is 4. The number of fused-ring (bicyclic) bond motifs is 1. The topological polar surface area (TPSA) is 73.3 Å². The Morgan fingerprint density at radius 1 is 1.35 bits per heavy atom. The first-order valence-electron chi connectivity index (χ1n) is 7.24. The van der Waals surface area contributed by atoms with Crippen molar-refractivity contribution in [3.8, 4) is 0 Å². The number of aryl methyl sites for hydroxylation is 1. The maximum Gasteiger partial charge on any atom is 0.112 e. The van der Waals surface area contributed by atoms with Gasteiger partial charge in [-0.3, -0.25) is 0 Å². The lowest BCUT2D eigenvalue weighted by atomic mass is 10.3. The van der Waals surface area contributed by atoms with Crippen molar-refractivity contribution in [3.05, 3.63) is 24.0 Å². The molecule has 0 aliphatic heterocycles. The fraction of sp³-hybridized carbons (Fsp3) is 0.533. The summed E-state index contributed by atoms with van der Waals surface area (Å²) in [5.74, 6) is 1.80. The second kappa shape index (κ2) is 5.81. The number of aliphatic hydroxyl groups is 1. The molecule has 2 aromatic rings. The van der Waals surface area contributed by atoms with Crippen molar-refractivity contribution in [3.63, 3.8) is 0 Å². The first-order chi connectivity index (χ1) is 9.79. The highest BCUT2D eigenvalue weighted by Gasteiger charge is 2.29. The van der Waals surface area contributed by atoms with Gasteiger partial charge in [-0.05, 0) is 37.5 Å². The largest absolute Gasteiger partial charge is 0.399 e. The Bertz CT molecular complexity index is 590. The van der Waals surface area contributed by atoms with E-state index in [1.54, 1.807) is 0 Å². The van der Waals surface area contributed by atoms with E-state index in [4.69, 9.17) is 20.6 Å². The molecule has 0 spiro atoms. The van der Waals surface area contributed by atoms with Gasteiger partial charge in [0, 0.05) is 24.8 Å². The summed E-state index contributed by atoms with van der Waals surface area (Å²) in [4.78, 5) is 4.75. The van der Waals surface area contributed by atoms with Crippen LogP contribution in [0.2, 0.25) is 0 Å². The van der Waals surface area contributed by atoms with Crippen LogP contribution >= 0.6 is 0 Å². The van der Waals surface area contributed by atoms with Crippen LogP contribution in [0.4, 0.5) is 5.69 Å². The predicted octanol–water partition coefficient (Wildman–Crippen LogP) is 1.89. The van der Waals surface area contributed by atoms with Gasteiger partial charge in [0.15, 0.2) is 0 Å². The Morgan fingerprint density at radius 3 is 2.95 bits per heavy atom. The first kappa shape index (κ1) is 13.4. The van der Waals surface area contributed by atoms with E-state index in [1.165, 1.54) is 18.7 Å². The Labute approximate surface area is 118 Å². The molecule has 1 aliphatic carbocycles. The second-order valence-electron chi connectivity index (χ2n) is 5.33. The number of aromatic nitrogens is 2. The Hall–Kier alpha value is -1.59. The SMILES string of the molecule is Nc1ccc2c(c1)nc(C1CC1)n2CCCOCCO. The van der Waals surface area contributed by atoms with Crippen LogP contribution in [-0.4, -0.2) is 34.5 Å². The van der Waals surface area contributed by atoms with Gasteiger partial charge in [-0.15, -0.1) is 0 Å². The minimum atomic E-state index is 0.0839. The van der Waals surface area contributed by atoms with Crippen LogP contribution in [0.5, 0.6) is 0 Å². The number of aliphatic hydroxyl groups excluding tert-OH is 1. The summed E-state index contributed by atoms with van der Waals surface area (Å²) in [6.45, 7) is 2.06. The lowest BCUT2D eigenvalue weighted by Crippen LogP contribution is -2.07. The monoisotopic (exact) mass is 275 g/mol. The summed E-state index contributed by atoms with van der Waals surface area (Å²) < 4.78 is 7.62. The molecule has 108 valence electrons. The third-order valence-corrected chi connectivity index (χ3v) is 3.65. The molecular formula is C15H21N3O2. The third kappa shape index (κ3) is 2.78. The van der Waals surface area contributed by atoms with Crippen LogP contribution in [0, 0.1) is 0 Å². The van der Waals surface area contributed by atoms with E-state index in [0.717, 1.165) is 29.7 Å². The number of hydrogen-bond donors (Lipinski definition) is 2. The van der Waals surface area contributed by atoms with Crippen molar-refractivity contribution >= 4 is 16.7 Å². The lowest BCUT2D eigenvalue weighted by molar-refractivity contribution is 0.0888. The highest BCUT2D eigenvalue weighted by Crippen LogP contribution is 2.40. The number of nitrogens with two attached hydrogens (primary N) is 1. The normalized spacial score (nSPS) is 15.1. The van der Waals surface area contributed by atoms with Crippen molar-refractivity contribution in [2.45, 2.75) is 31.7 Å². The summed E-state index contributed by atoms with van der Waals surface area (Å²) in [6, 6.07) is 5.93. The van der Waals surface area contributed by atoms with Crippen molar-refractivity contribution < 1.29 is 9.84 Å². The van der Waals surface area contributed by atoms with Crippen LogP contribution in [0.15, 0.2) is 18.2 Å². The molecule has 5 nitrogen and oxygen atoms in total. The van der Waals surface area contributed by atoms with E-state index in [9.17, 15) is 0 Å². The minimum Gasteiger partial charge on any atom is -0.399 e. The van der Waals surface area contributed by atoms with Crippen molar-refractivity contribution in [1.82, 2.24) is 9.55 Å². The van der Waals surface area contributed by atoms with Gasteiger partial charge in [0.05, 0.1) is 24.2 Å². The number of nitrogens with zero attached hydrogens (tertiary/aromatic N) is 2. The van der Waals surface area contributed by atoms with E-state index in [0.29, 0.717) is 19.1 Å². The minimum absolute atomic E-state index is 0.0839. The van der Waals surface area contributed by atoms with Crippen LogP contribution in [0.3, 0.4) is 0 Å². The van der Waals surface area contributed by atoms with E-state index < -0.39 is 0 Å². The lowest BCUT2D eigenvalue weighted by Gasteiger charge is -2.09. The molecule has 3 N–H and O–H groups in total. The molecular weight excluding hydrogens is 254 g/mol. The molecule has 0 amide bonds. The smallest absolute Gasteiger partial charge is 0.112 e. The van der Waals surface area contributed by atoms with Gasteiger partial charge in [0.25, 0.3) is 0 Å². The highest BCUT2D eigenvalue weighted by atomic mass is 16.5. The fourth-order valence-electron chi connectivity index (χ4n) is 2.54. The van der Waals surface area contributed by atoms with Gasteiger partial charge in [0.2, 0.25) is 0 Å². The summed E-state index contributed by atoms with van der Waals surface area (Å²) >= 11 is 0. The summed E-state index contributed by atoms with van der Waals surface area (Å²) in [7, 11) is 0. The fourth-order valence-corrected chi connectivity index (χ4v) is 2.54. The third-order valence-electron chi connectivity index (χ3n) is 3.65. The molecule has 1 aliphatic rings. The molecule has 0 atom stereocenters. The molecule has 0 radical (unpaired) electrons. The van der Waals surface area contributed by atoms with Gasteiger partial charge in [-0.25, -0.2) is 4.98 Å². The molecule has 0 bridgehead atoms. The first-order valence-corrected chi connectivity index (χ1v) is 7.24. The van der Waals surface area contributed by atoms with Gasteiger partial charge < -0.3 is 20.1 Å². The van der Waals surface area contributed by atoms with Gasteiger partial charge in [-0.1, -0.05) is 0 Å². The Morgan fingerprint density at radius 2 is 2.20 bits per heavy atom. The van der Waals surface area contributed by atoms with Gasteiger partial charge >= 0.3 is 0 Å². The standard InChI is InChI=1S/C15H21N3O2/c16-12-4-5-14-13(10-12)17-15(11-2-3-11)18(14)6-1-8-20-9-7-19/h4-5,10-11,19H,1-3,6-9,16H2. The maximum atomic E-state index is 8.69. The van der Waals surface area contributed by atoms with Gasteiger partial charge in [0.1, 0.15) is 5.82 Å². The van der Waals surface area contributed by atoms with Crippen LogP contribution < -0.4 is 5.73 Å². The quantitative estimate of drug-likeness (QED) is 0.598. The molecule has 0 unspecified atom stereocenters. The summed E-state index contributed by atoms with van der Waals surface area (Å²) in [6.07, 6.45) is 3.40. The molecule has 1 aromatic heterocycles. The zero-order chi connectivity index (χ0) is 13.9. The van der Waals surface area contributed by atoms with E-state index in [1.807, 2.05) is 12.1 Å². The predicted molar refractivity (Wildman–Crippen MR) is 78.6 cm³/mol. The number of benzene rings is 1. The molecule has 1 heterocycles. The maximum absolute atomic E-state index is 8.69. The average molecular weight is 275 g/mol. The van der Waals surface area contributed by atoms with Crippen LogP contribution in [-0.2, 0) is 11.3 Å². The molecule has 0 saturated heterocycles. The highest BCUT2D eigenvalue weighted by molar-refractivity contribution is 5.79. The molecule has 3 rings (SSSR count). The average Bonchev–Trinajstić information content (AvgIpc) is 3.22. The number of ether oxygens (including phenoxy) is 1. The van der Waals surface area contributed by atoms with Crippen LogP contribution in [0.1, 0.15) is 31.0 Å². The number of nitrogen functional groups attached to an aromatic ring is 1. The van der Waals surface area contributed by atoms with Gasteiger partial charge in [-0.2, -0.15) is 0 Å². The second-order valence-corrected chi connectivity index (χ2v) is 5.33. The van der Waals surface area contributed by atoms with Crippen molar-refractivity contribution in [2.24, 2.45) is 0 Å². The van der Waals surface area contributed by atoms with Crippen LogP contribution in [0.25, 0.3) is 11.0 Å². The van der Waals surface area contributed by atoms with Crippen molar-refractivity contribution in [1.29, 1.82) is 0 Å². The van der Waals surface area contributed by atoms with E-state index in [2.05, 4.69) is 10.6 Å². The van der Waals surface area contributed by atoms with E-state index >= 15 is 0 Å². The molecule has 1 saturated carbocycles. The summed E-state index contributed by atoms with van der Waals surface area (Å²) in [5, 5.41) is 8.69. The zero-order valence-electron chi connectivity index (χ0n) is 11.6. The number of anilines is 1. The zero-order valence-corrected chi connectivity index (χ0v) is 11.6. The van der Waals surface area contributed by atoms with E-state index in [-0.39, 0.29) is 6.61 Å². The summed E-state index contributed by atoms with van der Waals surface area (Å²) in [5.41, 5.74) is 8.74. The molecule has 20 heavy (non-hydrogen) atoms.